The molecule has 0 N–H and O–H groups in total. The number of piperidine rings is 1. The Morgan fingerprint density at radius 3 is 1.90 bits per heavy atom. The van der Waals surface area contributed by atoms with Crippen molar-refractivity contribution in [2.45, 2.75) is 97.3 Å². The first-order chi connectivity index (χ1) is 9.86. The number of rotatable bonds is 12. The highest BCUT2D eigenvalue weighted by atomic mass is 15.1. The van der Waals surface area contributed by atoms with Crippen molar-refractivity contribution in [2.24, 2.45) is 5.92 Å². The molecule has 1 nitrogen and oxygen atoms in total. The van der Waals surface area contributed by atoms with E-state index in [-0.39, 0.29) is 0 Å². The number of likely N-dealkylation sites (tertiary alicyclic amines) is 1. The maximum absolute atomic E-state index is 2.72. The quantitative estimate of drug-likeness (QED) is 0.395. The molecule has 20 heavy (non-hydrogen) atoms. The second-order valence-electron chi connectivity index (χ2n) is 6.90. The van der Waals surface area contributed by atoms with Gasteiger partial charge in [0.1, 0.15) is 0 Å². The van der Waals surface area contributed by atoms with Gasteiger partial charge in [-0.25, -0.2) is 0 Å². The van der Waals surface area contributed by atoms with Gasteiger partial charge in [-0.3, -0.25) is 0 Å². The van der Waals surface area contributed by atoms with E-state index >= 15 is 0 Å². The zero-order chi connectivity index (χ0) is 14.5. The molecule has 1 heterocycles. The predicted molar refractivity (Wildman–Crippen MR) is 91.3 cm³/mol. The average molecular weight is 282 g/mol. The fourth-order valence-electron chi connectivity index (χ4n) is 3.47. The van der Waals surface area contributed by atoms with Crippen molar-refractivity contribution >= 4 is 0 Å². The van der Waals surface area contributed by atoms with Gasteiger partial charge in [-0.05, 0) is 44.8 Å². The van der Waals surface area contributed by atoms with E-state index in [2.05, 4.69) is 18.7 Å². The molecule has 1 rings (SSSR count). The molecular weight excluding hydrogens is 242 g/mol. The van der Waals surface area contributed by atoms with Crippen LogP contribution in [-0.4, -0.2) is 24.5 Å². The van der Waals surface area contributed by atoms with Crippen LogP contribution >= 0.6 is 0 Å². The van der Waals surface area contributed by atoms with Crippen LogP contribution in [0.15, 0.2) is 0 Å². The number of hydrogen-bond acceptors (Lipinski definition) is 1. The molecule has 0 amide bonds. The zero-order valence-corrected chi connectivity index (χ0v) is 14.3. The van der Waals surface area contributed by atoms with E-state index in [9.17, 15) is 0 Å². The topological polar surface area (TPSA) is 3.24 Å². The number of hydrogen-bond donors (Lipinski definition) is 0. The second kappa shape index (κ2) is 12.7. The monoisotopic (exact) mass is 281 g/mol. The molecule has 1 aliphatic heterocycles. The summed E-state index contributed by atoms with van der Waals surface area (Å²) in [6.07, 6.45) is 18.8. The van der Waals surface area contributed by atoms with Crippen LogP contribution in [0.1, 0.15) is 97.3 Å². The van der Waals surface area contributed by atoms with E-state index in [4.69, 9.17) is 0 Å². The second-order valence-corrected chi connectivity index (χ2v) is 6.90. The fraction of sp³-hybridized carbons (Fsp3) is 1.00. The summed E-state index contributed by atoms with van der Waals surface area (Å²) in [5.74, 6) is 1.05. The van der Waals surface area contributed by atoms with Crippen LogP contribution < -0.4 is 0 Å². The summed E-state index contributed by atoms with van der Waals surface area (Å²) in [6, 6.07) is 0. The van der Waals surface area contributed by atoms with Crippen molar-refractivity contribution in [3.63, 3.8) is 0 Å². The molecular formula is C19H39N. The van der Waals surface area contributed by atoms with E-state index < -0.39 is 0 Å². The summed E-state index contributed by atoms with van der Waals surface area (Å²) in [5.41, 5.74) is 0. The van der Waals surface area contributed by atoms with E-state index in [1.54, 1.807) is 0 Å². The van der Waals surface area contributed by atoms with Gasteiger partial charge in [0, 0.05) is 0 Å². The van der Waals surface area contributed by atoms with Crippen molar-refractivity contribution in [3.05, 3.63) is 0 Å². The summed E-state index contributed by atoms with van der Waals surface area (Å²) in [7, 11) is 0. The molecule has 0 aromatic rings. The fourth-order valence-corrected chi connectivity index (χ4v) is 3.47. The lowest BCUT2D eigenvalue weighted by atomic mass is 9.91. The van der Waals surface area contributed by atoms with Gasteiger partial charge in [0.15, 0.2) is 0 Å². The molecule has 120 valence electrons. The van der Waals surface area contributed by atoms with Gasteiger partial charge in [-0.15, -0.1) is 0 Å². The molecule has 0 aromatic carbocycles. The summed E-state index contributed by atoms with van der Waals surface area (Å²) >= 11 is 0. The summed E-state index contributed by atoms with van der Waals surface area (Å²) in [6.45, 7) is 8.74. The Hall–Kier alpha value is -0.0400. The van der Waals surface area contributed by atoms with Crippen molar-refractivity contribution in [1.29, 1.82) is 0 Å². The highest BCUT2D eigenvalue weighted by Gasteiger charge is 2.18. The molecule has 0 saturated carbocycles. The van der Waals surface area contributed by atoms with Crippen LogP contribution in [-0.2, 0) is 0 Å². The molecule has 0 bridgehead atoms. The first-order valence-electron chi connectivity index (χ1n) is 9.59. The SMILES string of the molecule is CCCCCCCCN1CCC(CCCCCC)CC1. The molecule has 0 aliphatic carbocycles. The standard InChI is InChI=1S/C19H39N/c1-3-5-7-9-10-12-16-20-17-14-19(15-18-20)13-11-8-6-4-2/h19H,3-18H2,1-2H3. The lowest BCUT2D eigenvalue weighted by Gasteiger charge is -2.32. The van der Waals surface area contributed by atoms with Crippen molar-refractivity contribution in [3.8, 4) is 0 Å². The third-order valence-electron chi connectivity index (χ3n) is 5.00. The van der Waals surface area contributed by atoms with Crippen molar-refractivity contribution in [1.82, 2.24) is 4.90 Å². The molecule has 1 aliphatic rings. The van der Waals surface area contributed by atoms with Crippen LogP contribution in [0.3, 0.4) is 0 Å². The first-order valence-corrected chi connectivity index (χ1v) is 9.59. The maximum Gasteiger partial charge on any atom is -0.00161 e. The maximum atomic E-state index is 2.72. The Balaban J connectivity index is 1.91. The molecule has 0 spiro atoms. The van der Waals surface area contributed by atoms with Crippen molar-refractivity contribution in [2.75, 3.05) is 19.6 Å². The molecule has 0 aromatic heterocycles. The van der Waals surface area contributed by atoms with Crippen LogP contribution in [0.2, 0.25) is 0 Å². The van der Waals surface area contributed by atoms with Gasteiger partial charge in [0.05, 0.1) is 0 Å². The first kappa shape index (κ1) is 18.0. The smallest absolute Gasteiger partial charge is 0.00161 e. The Morgan fingerprint density at radius 1 is 0.700 bits per heavy atom. The Kier molecular flexibility index (Phi) is 11.4. The minimum atomic E-state index is 1.05. The van der Waals surface area contributed by atoms with Crippen LogP contribution in [0.25, 0.3) is 0 Å². The van der Waals surface area contributed by atoms with Gasteiger partial charge in [0.2, 0.25) is 0 Å². The molecule has 1 heteroatoms. The van der Waals surface area contributed by atoms with Crippen molar-refractivity contribution < 1.29 is 0 Å². The highest BCUT2D eigenvalue weighted by Crippen LogP contribution is 2.23. The van der Waals surface area contributed by atoms with E-state index in [1.807, 2.05) is 0 Å². The van der Waals surface area contributed by atoms with Crippen LogP contribution in [0.4, 0.5) is 0 Å². The van der Waals surface area contributed by atoms with Gasteiger partial charge in [-0.1, -0.05) is 78.1 Å². The normalized spacial score (nSPS) is 17.7. The minimum absolute atomic E-state index is 1.05. The van der Waals surface area contributed by atoms with Gasteiger partial charge < -0.3 is 4.90 Å². The van der Waals surface area contributed by atoms with E-state index in [0.717, 1.165) is 5.92 Å². The summed E-state index contributed by atoms with van der Waals surface area (Å²) in [5, 5.41) is 0. The van der Waals surface area contributed by atoms with Crippen LogP contribution in [0.5, 0.6) is 0 Å². The lowest BCUT2D eigenvalue weighted by molar-refractivity contribution is 0.174. The molecule has 1 saturated heterocycles. The molecule has 0 atom stereocenters. The minimum Gasteiger partial charge on any atom is -0.303 e. The third kappa shape index (κ3) is 9.00. The summed E-state index contributed by atoms with van der Waals surface area (Å²) < 4.78 is 0. The van der Waals surface area contributed by atoms with Gasteiger partial charge >= 0.3 is 0 Å². The number of nitrogens with zero attached hydrogens (tertiary/aromatic N) is 1. The zero-order valence-electron chi connectivity index (χ0n) is 14.3. The summed E-state index contributed by atoms with van der Waals surface area (Å²) in [4.78, 5) is 2.72. The van der Waals surface area contributed by atoms with Crippen LogP contribution in [0, 0.1) is 5.92 Å². The highest BCUT2D eigenvalue weighted by molar-refractivity contribution is 4.72. The molecule has 0 unspecified atom stereocenters. The Labute approximate surface area is 128 Å². The van der Waals surface area contributed by atoms with Gasteiger partial charge in [-0.2, -0.15) is 0 Å². The molecule has 1 fully saturated rings. The third-order valence-corrected chi connectivity index (χ3v) is 5.00. The number of unbranched alkanes of at least 4 members (excludes halogenated alkanes) is 8. The Bertz CT molecular complexity index is 194. The molecule has 0 radical (unpaired) electrons. The lowest BCUT2D eigenvalue weighted by Crippen LogP contribution is -2.34. The van der Waals surface area contributed by atoms with Gasteiger partial charge in [0.25, 0.3) is 0 Å². The average Bonchev–Trinajstić information content (AvgIpc) is 2.49. The van der Waals surface area contributed by atoms with E-state index in [0.29, 0.717) is 0 Å². The Morgan fingerprint density at radius 2 is 1.25 bits per heavy atom. The predicted octanol–water partition coefficient (Wildman–Crippen LogP) is 6.03. The van der Waals surface area contributed by atoms with E-state index in [1.165, 1.54) is 103 Å². The largest absolute Gasteiger partial charge is 0.303 e.